The number of rotatable bonds is 3. The van der Waals surface area contributed by atoms with E-state index < -0.39 is 0 Å². The van der Waals surface area contributed by atoms with E-state index in [0.717, 1.165) is 25.0 Å². The van der Waals surface area contributed by atoms with E-state index in [9.17, 15) is 9.90 Å². The van der Waals surface area contributed by atoms with Crippen molar-refractivity contribution >= 4 is 17.5 Å². The summed E-state index contributed by atoms with van der Waals surface area (Å²) in [5, 5.41) is 9.77. The van der Waals surface area contributed by atoms with Crippen LogP contribution in [-0.2, 0) is 0 Å². The fraction of sp³-hybridized carbons (Fsp3) is 0.600. The number of pyridine rings is 1. The Bertz CT molecular complexity index is 491. The van der Waals surface area contributed by atoms with E-state index >= 15 is 0 Å². The minimum absolute atomic E-state index is 0.0155. The summed E-state index contributed by atoms with van der Waals surface area (Å²) in [5.74, 6) is 0.158. The van der Waals surface area contributed by atoms with Crippen LogP contribution in [0.15, 0.2) is 12.1 Å². The van der Waals surface area contributed by atoms with Crippen molar-refractivity contribution in [3.05, 3.63) is 28.5 Å². The van der Waals surface area contributed by atoms with Gasteiger partial charge in [0.05, 0.1) is 12.6 Å². The van der Waals surface area contributed by atoms with Crippen molar-refractivity contribution in [2.75, 3.05) is 13.2 Å². The van der Waals surface area contributed by atoms with E-state index in [0.29, 0.717) is 17.3 Å². The number of aliphatic hydroxyl groups excluding tert-OH is 1. The van der Waals surface area contributed by atoms with Gasteiger partial charge in [0.25, 0.3) is 5.91 Å². The van der Waals surface area contributed by atoms with Crippen molar-refractivity contribution in [2.24, 2.45) is 0 Å². The molecular weight excluding hydrogens is 276 g/mol. The smallest absolute Gasteiger partial charge is 0.254 e. The molecule has 0 radical (unpaired) electrons. The Morgan fingerprint density at radius 2 is 2.25 bits per heavy atom. The zero-order valence-corrected chi connectivity index (χ0v) is 12.7. The van der Waals surface area contributed by atoms with Crippen molar-refractivity contribution in [3.8, 4) is 0 Å². The predicted molar refractivity (Wildman–Crippen MR) is 79.1 cm³/mol. The molecule has 2 rings (SSSR count). The Labute approximate surface area is 124 Å². The van der Waals surface area contributed by atoms with Gasteiger partial charge in [-0.15, -0.1) is 0 Å². The molecule has 1 aromatic rings. The molecule has 0 aromatic carbocycles. The zero-order chi connectivity index (χ0) is 14.7. The number of hydrogen-bond donors (Lipinski definition) is 1. The van der Waals surface area contributed by atoms with Gasteiger partial charge in [0.15, 0.2) is 0 Å². The van der Waals surface area contributed by atoms with Crippen LogP contribution in [0.1, 0.15) is 55.1 Å². The topological polar surface area (TPSA) is 53.4 Å². The fourth-order valence-corrected chi connectivity index (χ4v) is 2.78. The molecule has 5 heteroatoms. The maximum Gasteiger partial charge on any atom is 0.254 e. The second kappa shape index (κ2) is 6.55. The summed E-state index contributed by atoms with van der Waals surface area (Å²) < 4.78 is 0. The number of halogens is 1. The number of piperidine rings is 1. The highest BCUT2D eigenvalue weighted by Gasteiger charge is 2.27. The Morgan fingerprint density at radius 1 is 1.50 bits per heavy atom. The summed E-state index contributed by atoms with van der Waals surface area (Å²) >= 11 is 6.02. The van der Waals surface area contributed by atoms with E-state index in [1.54, 1.807) is 11.0 Å². The summed E-state index contributed by atoms with van der Waals surface area (Å²) in [6.07, 6.45) is 2.90. The molecule has 110 valence electrons. The minimum Gasteiger partial charge on any atom is -0.394 e. The predicted octanol–water partition coefficient (Wildman–Crippen LogP) is 2.85. The molecule has 4 nitrogen and oxygen atoms in total. The largest absolute Gasteiger partial charge is 0.394 e. The van der Waals surface area contributed by atoms with Crippen LogP contribution in [0.25, 0.3) is 0 Å². The van der Waals surface area contributed by atoms with Crippen molar-refractivity contribution in [1.82, 2.24) is 9.88 Å². The van der Waals surface area contributed by atoms with Gasteiger partial charge in [-0.2, -0.15) is 0 Å². The number of hydrogen-bond acceptors (Lipinski definition) is 3. The van der Waals surface area contributed by atoms with Gasteiger partial charge in [-0.05, 0) is 37.3 Å². The molecule has 1 aromatic heterocycles. The van der Waals surface area contributed by atoms with Crippen LogP contribution in [0, 0.1) is 0 Å². The molecule has 0 spiro atoms. The van der Waals surface area contributed by atoms with Crippen LogP contribution in [0.3, 0.4) is 0 Å². The van der Waals surface area contributed by atoms with E-state index in [2.05, 4.69) is 4.98 Å². The lowest BCUT2D eigenvalue weighted by Crippen LogP contribution is -2.45. The quantitative estimate of drug-likeness (QED) is 0.873. The number of amides is 1. The van der Waals surface area contributed by atoms with Gasteiger partial charge < -0.3 is 10.0 Å². The number of aromatic nitrogens is 1. The van der Waals surface area contributed by atoms with Crippen LogP contribution in [0.4, 0.5) is 0 Å². The number of carbonyl (C=O) groups is 1. The van der Waals surface area contributed by atoms with Crippen LogP contribution in [0.5, 0.6) is 0 Å². The highest BCUT2D eigenvalue weighted by molar-refractivity contribution is 6.29. The number of aliphatic hydroxyl groups is 1. The number of likely N-dealkylation sites (tertiary alicyclic amines) is 1. The first-order valence-electron chi connectivity index (χ1n) is 7.12. The van der Waals surface area contributed by atoms with Gasteiger partial charge in [-0.3, -0.25) is 4.79 Å². The molecule has 0 aliphatic carbocycles. The molecule has 1 aliphatic rings. The maximum atomic E-state index is 12.6. The molecule has 1 atom stereocenters. The first-order chi connectivity index (χ1) is 9.52. The SMILES string of the molecule is CC(C)c1cc(C(=O)N2CCCCC2CO)cc(Cl)n1. The summed E-state index contributed by atoms with van der Waals surface area (Å²) in [6.45, 7) is 4.75. The zero-order valence-electron chi connectivity index (χ0n) is 12.0. The highest BCUT2D eigenvalue weighted by Crippen LogP contribution is 2.23. The third-order valence-corrected chi connectivity index (χ3v) is 3.94. The summed E-state index contributed by atoms with van der Waals surface area (Å²) in [6, 6.07) is 3.34. The Hall–Kier alpha value is -1.13. The van der Waals surface area contributed by atoms with Crippen molar-refractivity contribution in [1.29, 1.82) is 0 Å². The van der Waals surface area contributed by atoms with Crippen LogP contribution < -0.4 is 0 Å². The molecule has 2 heterocycles. The van der Waals surface area contributed by atoms with Crippen LogP contribution >= 0.6 is 11.6 Å². The lowest BCUT2D eigenvalue weighted by Gasteiger charge is -2.34. The maximum absolute atomic E-state index is 12.6. The summed E-state index contributed by atoms with van der Waals surface area (Å²) in [5.41, 5.74) is 1.38. The van der Waals surface area contributed by atoms with E-state index in [1.165, 1.54) is 0 Å². The third kappa shape index (κ3) is 3.30. The van der Waals surface area contributed by atoms with E-state index in [-0.39, 0.29) is 24.5 Å². The van der Waals surface area contributed by atoms with Gasteiger partial charge in [0.2, 0.25) is 0 Å². The summed E-state index contributed by atoms with van der Waals surface area (Å²) in [7, 11) is 0. The molecule has 1 amide bonds. The van der Waals surface area contributed by atoms with Gasteiger partial charge in [-0.1, -0.05) is 25.4 Å². The molecule has 1 aliphatic heterocycles. The van der Waals surface area contributed by atoms with Gasteiger partial charge in [0, 0.05) is 17.8 Å². The molecule has 0 bridgehead atoms. The fourth-order valence-electron chi connectivity index (χ4n) is 2.56. The summed E-state index contributed by atoms with van der Waals surface area (Å²) in [4.78, 5) is 18.6. The molecular formula is C15H21ClN2O2. The monoisotopic (exact) mass is 296 g/mol. The average molecular weight is 297 g/mol. The standard InChI is InChI=1S/C15H21ClN2O2/c1-10(2)13-7-11(8-14(16)17-13)15(20)18-6-4-3-5-12(18)9-19/h7-8,10,12,19H,3-6,9H2,1-2H3. The first kappa shape index (κ1) is 15.3. The lowest BCUT2D eigenvalue weighted by molar-refractivity contribution is 0.0503. The second-order valence-corrected chi connectivity index (χ2v) is 5.98. The molecule has 1 fully saturated rings. The van der Waals surface area contributed by atoms with E-state index in [4.69, 9.17) is 11.6 Å². The average Bonchev–Trinajstić information content (AvgIpc) is 2.45. The van der Waals surface area contributed by atoms with Crippen molar-refractivity contribution in [3.63, 3.8) is 0 Å². The molecule has 1 saturated heterocycles. The Kier molecular flexibility index (Phi) is 5.00. The van der Waals surface area contributed by atoms with Crippen molar-refractivity contribution in [2.45, 2.75) is 45.1 Å². The van der Waals surface area contributed by atoms with E-state index in [1.807, 2.05) is 19.9 Å². The lowest BCUT2D eigenvalue weighted by atomic mass is 10.0. The second-order valence-electron chi connectivity index (χ2n) is 5.59. The van der Waals surface area contributed by atoms with Crippen LogP contribution in [0.2, 0.25) is 5.15 Å². The molecule has 1 N–H and O–H groups in total. The first-order valence-corrected chi connectivity index (χ1v) is 7.50. The molecule has 0 saturated carbocycles. The minimum atomic E-state index is -0.0781. The van der Waals surface area contributed by atoms with Gasteiger partial charge in [0.1, 0.15) is 5.15 Å². The molecule has 1 unspecified atom stereocenters. The van der Waals surface area contributed by atoms with Crippen LogP contribution in [-0.4, -0.2) is 40.1 Å². The number of carbonyl (C=O) groups excluding carboxylic acids is 1. The Morgan fingerprint density at radius 3 is 2.90 bits per heavy atom. The third-order valence-electron chi connectivity index (χ3n) is 3.75. The van der Waals surface area contributed by atoms with Gasteiger partial charge in [-0.25, -0.2) is 4.98 Å². The highest BCUT2D eigenvalue weighted by atomic mass is 35.5. The van der Waals surface area contributed by atoms with Crippen molar-refractivity contribution < 1.29 is 9.90 Å². The van der Waals surface area contributed by atoms with Gasteiger partial charge >= 0.3 is 0 Å². The Balaban J connectivity index is 2.27. The molecule has 20 heavy (non-hydrogen) atoms. The number of nitrogens with zero attached hydrogens (tertiary/aromatic N) is 2. The normalized spacial score (nSPS) is 19.4.